The van der Waals surface area contributed by atoms with Gasteiger partial charge in [-0.2, -0.15) is 4.31 Å². The number of piperazine rings is 1. The number of nitrogens with zero attached hydrogens (tertiary/aromatic N) is 1. The number of halogens is 2. The molecular formula is C12H16Br2N2O2S. The van der Waals surface area contributed by atoms with Gasteiger partial charge in [0.25, 0.3) is 0 Å². The summed E-state index contributed by atoms with van der Waals surface area (Å²) in [7, 11) is -3.48. The van der Waals surface area contributed by atoms with Crippen LogP contribution >= 0.6 is 31.9 Å². The average Bonchev–Trinajstić information content (AvgIpc) is 2.27. The fraction of sp³-hybridized carbons (Fsp3) is 0.500. The molecule has 2 atom stereocenters. The Bertz CT molecular complexity index is 567. The molecule has 4 nitrogen and oxygen atoms in total. The average molecular weight is 412 g/mol. The summed E-state index contributed by atoms with van der Waals surface area (Å²) in [5.41, 5.74) is 0. The maximum absolute atomic E-state index is 12.8. The molecule has 0 aliphatic carbocycles. The van der Waals surface area contributed by atoms with Gasteiger partial charge in [0.2, 0.25) is 10.0 Å². The molecule has 1 heterocycles. The van der Waals surface area contributed by atoms with Crippen LogP contribution in [0.2, 0.25) is 0 Å². The van der Waals surface area contributed by atoms with Gasteiger partial charge in [-0.1, -0.05) is 15.9 Å². The molecule has 1 aliphatic rings. The van der Waals surface area contributed by atoms with Crippen molar-refractivity contribution in [2.75, 3.05) is 13.1 Å². The highest BCUT2D eigenvalue weighted by molar-refractivity contribution is 9.11. The molecular weight excluding hydrogens is 396 g/mol. The largest absolute Gasteiger partial charge is 0.314 e. The topological polar surface area (TPSA) is 49.4 Å². The zero-order valence-corrected chi connectivity index (χ0v) is 14.7. The molecule has 1 aromatic rings. The summed E-state index contributed by atoms with van der Waals surface area (Å²) in [6.07, 6.45) is 0. The molecule has 0 saturated carbocycles. The van der Waals surface area contributed by atoms with Crippen LogP contribution in [0.4, 0.5) is 0 Å². The van der Waals surface area contributed by atoms with Gasteiger partial charge in [-0.15, -0.1) is 0 Å². The van der Waals surface area contributed by atoms with E-state index in [9.17, 15) is 8.42 Å². The molecule has 0 amide bonds. The van der Waals surface area contributed by atoms with Crippen molar-refractivity contribution in [3.63, 3.8) is 0 Å². The van der Waals surface area contributed by atoms with E-state index in [4.69, 9.17) is 0 Å². The van der Waals surface area contributed by atoms with Gasteiger partial charge in [0.1, 0.15) is 0 Å². The molecule has 2 rings (SSSR count). The summed E-state index contributed by atoms with van der Waals surface area (Å²) in [6, 6.07) is 5.03. The van der Waals surface area contributed by atoms with Crippen LogP contribution in [0, 0.1) is 0 Å². The summed E-state index contributed by atoms with van der Waals surface area (Å²) in [5.74, 6) is 0. The second-order valence-corrected chi connectivity index (χ2v) is 8.35. The first-order chi connectivity index (χ1) is 8.84. The Morgan fingerprint density at radius 1 is 1.21 bits per heavy atom. The number of hydrogen-bond donors (Lipinski definition) is 1. The minimum Gasteiger partial charge on any atom is -0.314 e. The molecule has 1 aliphatic heterocycles. The predicted octanol–water partition coefficient (Wildman–Crippen LogP) is 2.58. The van der Waals surface area contributed by atoms with E-state index < -0.39 is 10.0 Å². The van der Waals surface area contributed by atoms with Crippen molar-refractivity contribution < 1.29 is 8.42 Å². The molecule has 0 aromatic heterocycles. The fourth-order valence-electron chi connectivity index (χ4n) is 2.39. The Balaban J connectivity index is 2.46. The number of nitrogens with one attached hydrogen (secondary N) is 1. The maximum atomic E-state index is 12.8. The van der Waals surface area contributed by atoms with E-state index in [0.29, 0.717) is 22.5 Å². The van der Waals surface area contributed by atoms with Crippen molar-refractivity contribution in [3.05, 3.63) is 27.1 Å². The highest BCUT2D eigenvalue weighted by Gasteiger charge is 2.36. The fourth-order valence-corrected chi connectivity index (χ4v) is 5.92. The first-order valence-corrected chi connectivity index (χ1v) is 9.06. The third-order valence-corrected chi connectivity index (χ3v) is 6.80. The Kier molecular flexibility index (Phi) is 4.72. The molecule has 19 heavy (non-hydrogen) atoms. The highest BCUT2D eigenvalue weighted by atomic mass is 79.9. The zero-order valence-electron chi connectivity index (χ0n) is 10.7. The molecule has 0 radical (unpaired) electrons. The molecule has 1 aromatic carbocycles. The van der Waals surface area contributed by atoms with Crippen molar-refractivity contribution in [1.29, 1.82) is 0 Å². The third kappa shape index (κ3) is 3.05. The monoisotopic (exact) mass is 410 g/mol. The molecule has 0 bridgehead atoms. The van der Waals surface area contributed by atoms with Crippen LogP contribution in [0.1, 0.15) is 13.8 Å². The molecule has 0 spiro atoms. The molecule has 106 valence electrons. The van der Waals surface area contributed by atoms with Crippen LogP contribution in [-0.2, 0) is 10.0 Å². The van der Waals surface area contributed by atoms with Crippen LogP contribution in [0.25, 0.3) is 0 Å². The summed E-state index contributed by atoms with van der Waals surface area (Å²) < 4.78 is 28.6. The molecule has 1 saturated heterocycles. The summed E-state index contributed by atoms with van der Waals surface area (Å²) >= 11 is 6.67. The molecule has 2 unspecified atom stereocenters. The van der Waals surface area contributed by atoms with Crippen molar-refractivity contribution in [1.82, 2.24) is 9.62 Å². The number of hydrogen-bond acceptors (Lipinski definition) is 3. The van der Waals surface area contributed by atoms with Gasteiger partial charge in [0.05, 0.1) is 4.90 Å². The molecule has 1 N–H and O–H groups in total. The third-order valence-electron chi connectivity index (χ3n) is 3.20. The summed E-state index contributed by atoms with van der Waals surface area (Å²) in [4.78, 5) is 0.316. The smallest absolute Gasteiger partial charge is 0.244 e. The van der Waals surface area contributed by atoms with E-state index in [-0.39, 0.29) is 12.1 Å². The van der Waals surface area contributed by atoms with E-state index in [1.165, 1.54) is 0 Å². The van der Waals surface area contributed by atoms with Gasteiger partial charge in [-0.3, -0.25) is 0 Å². The number of benzene rings is 1. The minimum atomic E-state index is -3.48. The molecule has 7 heteroatoms. The van der Waals surface area contributed by atoms with E-state index in [2.05, 4.69) is 37.2 Å². The Morgan fingerprint density at radius 2 is 1.79 bits per heavy atom. The van der Waals surface area contributed by atoms with Crippen LogP contribution in [0.5, 0.6) is 0 Å². The predicted molar refractivity (Wildman–Crippen MR) is 82.7 cm³/mol. The van der Waals surface area contributed by atoms with Crippen molar-refractivity contribution in [3.8, 4) is 0 Å². The SMILES string of the molecule is CC1CNCC(C)N1S(=O)(=O)c1ccc(Br)cc1Br. The van der Waals surface area contributed by atoms with Crippen molar-refractivity contribution >= 4 is 41.9 Å². The second kappa shape index (κ2) is 5.81. The zero-order chi connectivity index (χ0) is 14.2. The Labute approximate surface area is 130 Å². The minimum absolute atomic E-state index is 0.0516. The van der Waals surface area contributed by atoms with Gasteiger partial charge >= 0.3 is 0 Å². The number of sulfonamides is 1. The van der Waals surface area contributed by atoms with Crippen LogP contribution in [0.15, 0.2) is 32.0 Å². The van der Waals surface area contributed by atoms with E-state index in [1.807, 2.05) is 13.8 Å². The van der Waals surface area contributed by atoms with E-state index in [0.717, 1.165) is 4.47 Å². The van der Waals surface area contributed by atoms with Crippen LogP contribution in [-0.4, -0.2) is 37.9 Å². The maximum Gasteiger partial charge on any atom is 0.244 e. The standard InChI is InChI=1S/C12H16Br2N2O2S/c1-8-6-15-7-9(2)16(8)19(17,18)12-4-3-10(13)5-11(12)14/h3-5,8-9,15H,6-7H2,1-2H3. The lowest BCUT2D eigenvalue weighted by Crippen LogP contribution is -2.57. The first kappa shape index (κ1) is 15.4. The Morgan fingerprint density at radius 3 is 2.32 bits per heavy atom. The normalized spacial score (nSPS) is 25.5. The van der Waals surface area contributed by atoms with Gasteiger partial charge in [-0.05, 0) is 48.0 Å². The van der Waals surface area contributed by atoms with Gasteiger partial charge < -0.3 is 5.32 Å². The lowest BCUT2D eigenvalue weighted by Gasteiger charge is -2.38. The lowest BCUT2D eigenvalue weighted by molar-refractivity contribution is 0.220. The van der Waals surface area contributed by atoms with Crippen LogP contribution in [0.3, 0.4) is 0 Å². The first-order valence-electron chi connectivity index (χ1n) is 6.03. The van der Waals surface area contributed by atoms with E-state index >= 15 is 0 Å². The second-order valence-electron chi connectivity index (χ2n) is 4.77. The number of rotatable bonds is 2. The van der Waals surface area contributed by atoms with Crippen molar-refractivity contribution in [2.24, 2.45) is 0 Å². The quantitative estimate of drug-likeness (QED) is 0.813. The van der Waals surface area contributed by atoms with E-state index in [1.54, 1.807) is 22.5 Å². The van der Waals surface area contributed by atoms with Gasteiger partial charge in [0, 0.05) is 34.1 Å². The lowest BCUT2D eigenvalue weighted by atomic mass is 10.2. The summed E-state index contributed by atoms with van der Waals surface area (Å²) in [5, 5.41) is 3.24. The van der Waals surface area contributed by atoms with Gasteiger partial charge in [0.15, 0.2) is 0 Å². The Hall–Kier alpha value is 0.0500. The van der Waals surface area contributed by atoms with Gasteiger partial charge in [-0.25, -0.2) is 8.42 Å². The van der Waals surface area contributed by atoms with Crippen molar-refractivity contribution in [2.45, 2.75) is 30.8 Å². The van der Waals surface area contributed by atoms with Crippen LogP contribution < -0.4 is 5.32 Å². The highest BCUT2D eigenvalue weighted by Crippen LogP contribution is 2.30. The summed E-state index contributed by atoms with van der Waals surface area (Å²) in [6.45, 7) is 5.20. The molecule has 1 fully saturated rings.